The van der Waals surface area contributed by atoms with Gasteiger partial charge in [-0.05, 0) is 30.0 Å². The van der Waals surface area contributed by atoms with E-state index in [9.17, 15) is 27.5 Å². The molecule has 0 spiro atoms. The van der Waals surface area contributed by atoms with Crippen LogP contribution in [0.25, 0.3) is 0 Å². The topological polar surface area (TPSA) is 130 Å². The second-order valence-electron chi connectivity index (χ2n) is 6.98. The summed E-state index contributed by atoms with van der Waals surface area (Å²) >= 11 is 0. The number of benzene rings is 1. The number of halogens is 1. The van der Waals surface area contributed by atoms with Crippen molar-refractivity contribution in [1.82, 2.24) is 19.6 Å². The van der Waals surface area contributed by atoms with E-state index in [1.807, 2.05) is 0 Å². The Morgan fingerprint density at radius 1 is 1.34 bits per heavy atom. The van der Waals surface area contributed by atoms with Gasteiger partial charge in [0, 0.05) is 26.1 Å². The van der Waals surface area contributed by atoms with E-state index < -0.39 is 33.1 Å². The molecule has 0 saturated carbocycles. The van der Waals surface area contributed by atoms with Crippen LogP contribution in [0.4, 0.5) is 4.39 Å². The number of aromatic hydroxyl groups is 1. The smallest absolute Gasteiger partial charge is 0.296 e. The number of aromatic nitrogens is 2. The molecule has 1 unspecified atom stereocenters. The average molecular weight is 424 g/mol. The number of nitrogens with zero attached hydrogens (tertiary/aromatic N) is 2. The van der Waals surface area contributed by atoms with Gasteiger partial charge in [-0.25, -0.2) is 22.5 Å². The van der Waals surface area contributed by atoms with E-state index in [0.717, 1.165) is 6.26 Å². The van der Waals surface area contributed by atoms with Crippen molar-refractivity contribution < 1.29 is 22.7 Å². The van der Waals surface area contributed by atoms with Gasteiger partial charge in [-0.3, -0.25) is 14.2 Å². The number of amides is 1. The molecule has 1 aromatic carbocycles. The third-order valence-corrected chi connectivity index (χ3v) is 5.35. The van der Waals surface area contributed by atoms with Crippen LogP contribution in [-0.4, -0.2) is 41.8 Å². The molecular formula is C18H21FN4O5S. The Hall–Kier alpha value is -2.79. The number of hydrogen-bond acceptors (Lipinski definition) is 6. The molecule has 0 bridgehead atoms. The average Bonchev–Trinajstić information content (AvgIpc) is 2.68. The highest BCUT2D eigenvalue weighted by Crippen LogP contribution is 2.20. The minimum Gasteiger partial charge on any atom is -0.501 e. The maximum absolute atomic E-state index is 12.9. The van der Waals surface area contributed by atoms with Gasteiger partial charge in [0.2, 0.25) is 15.8 Å². The number of sulfonamides is 1. The van der Waals surface area contributed by atoms with E-state index in [4.69, 9.17) is 0 Å². The first-order valence-corrected chi connectivity index (χ1v) is 10.8. The molecule has 2 heterocycles. The highest BCUT2D eigenvalue weighted by molar-refractivity contribution is 7.88. The lowest BCUT2D eigenvalue weighted by Crippen LogP contribution is -2.39. The first-order valence-electron chi connectivity index (χ1n) is 8.94. The Morgan fingerprint density at radius 2 is 2.03 bits per heavy atom. The summed E-state index contributed by atoms with van der Waals surface area (Å²) in [5.74, 6) is -1.65. The van der Waals surface area contributed by atoms with Crippen molar-refractivity contribution in [2.24, 2.45) is 5.92 Å². The second-order valence-corrected chi connectivity index (χ2v) is 8.81. The van der Waals surface area contributed by atoms with Gasteiger partial charge in [0.15, 0.2) is 5.69 Å². The van der Waals surface area contributed by atoms with Crippen LogP contribution >= 0.6 is 0 Å². The lowest BCUT2D eigenvalue weighted by molar-refractivity contribution is 0.0941. The molecule has 0 saturated heterocycles. The summed E-state index contributed by atoms with van der Waals surface area (Å²) < 4.78 is 39.1. The first kappa shape index (κ1) is 20.9. The molecule has 0 fully saturated rings. The second kappa shape index (κ2) is 8.29. The summed E-state index contributed by atoms with van der Waals surface area (Å²) in [5, 5.41) is 12.7. The number of carbonyl (C=O) groups excluding carboxylic acids is 1. The van der Waals surface area contributed by atoms with Gasteiger partial charge >= 0.3 is 0 Å². The minimum absolute atomic E-state index is 0.0812. The van der Waals surface area contributed by atoms with Crippen molar-refractivity contribution in [3.63, 3.8) is 0 Å². The van der Waals surface area contributed by atoms with Crippen LogP contribution < -0.4 is 15.6 Å². The standard InChI is InChI=1S/C18H21FN4O5S/c1-29(27,28)21-9-12-4-7-14-22-15(16(24)18(26)23(14)10-12)17(25)20-8-11-2-5-13(19)6-3-11/h2-3,5-6,12,21,24H,4,7-10H2,1H3,(H,20,25). The van der Waals surface area contributed by atoms with Crippen molar-refractivity contribution in [1.29, 1.82) is 0 Å². The molecule has 9 nitrogen and oxygen atoms in total. The fourth-order valence-electron chi connectivity index (χ4n) is 3.11. The Labute approximate surface area is 166 Å². The molecule has 3 N–H and O–H groups in total. The normalized spacial score (nSPS) is 16.3. The predicted molar refractivity (Wildman–Crippen MR) is 102 cm³/mol. The van der Waals surface area contributed by atoms with Gasteiger partial charge in [-0.15, -0.1) is 0 Å². The van der Waals surface area contributed by atoms with E-state index in [2.05, 4.69) is 15.0 Å². The molecule has 1 aliphatic rings. The van der Waals surface area contributed by atoms with Crippen LogP contribution in [0.15, 0.2) is 29.1 Å². The van der Waals surface area contributed by atoms with Gasteiger partial charge in [0.05, 0.1) is 6.26 Å². The Bertz CT molecular complexity index is 1080. The van der Waals surface area contributed by atoms with E-state index in [-0.39, 0.29) is 31.2 Å². The predicted octanol–water partition coefficient (Wildman–Crippen LogP) is 0.130. The van der Waals surface area contributed by atoms with Crippen molar-refractivity contribution in [3.05, 3.63) is 57.5 Å². The molecule has 0 radical (unpaired) electrons. The molecule has 1 amide bonds. The lowest BCUT2D eigenvalue weighted by atomic mass is 9.99. The summed E-state index contributed by atoms with van der Waals surface area (Å²) in [6.45, 7) is 0.442. The Kier molecular flexibility index (Phi) is 5.99. The van der Waals surface area contributed by atoms with Gasteiger partial charge < -0.3 is 10.4 Å². The van der Waals surface area contributed by atoms with Crippen LogP contribution in [0.3, 0.4) is 0 Å². The van der Waals surface area contributed by atoms with Crippen LogP contribution in [0.1, 0.15) is 28.3 Å². The monoisotopic (exact) mass is 424 g/mol. The number of rotatable bonds is 6. The number of fused-ring (bicyclic) bond motifs is 1. The quantitative estimate of drug-likeness (QED) is 0.604. The van der Waals surface area contributed by atoms with Gasteiger partial charge in [-0.2, -0.15) is 0 Å². The lowest BCUT2D eigenvalue weighted by Gasteiger charge is -2.26. The van der Waals surface area contributed by atoms with Crippen LogP contribution in [0.2, 0.25) is 0 Å². The first-order chi connectivity index (χ1) is 13.6. The molecule has 1 atom stereocenters. The molecule has 29 heavy (non-hydrogen) atoms. The van der Waals surface area contributed by atoms with Crippen molar-refractivity contribution in [3.8, 4) is 5.75 Å². The van der Waals surface area contributed by atoms with E-state index in [0.29, 0.717) is 24.2 Å². The SMILES string of the molecule is CS(=O)(=O)NCC1CCc2nc(C(=O)NCc3ccc(F)cc3)c(O)c(=O)n2C1. The van der Waals surface area contributed by atoms with Gasteiger partial charge in [-0.1, -0.05) is 12.1 Å². The number of carbonyl (C=O) groups is 1. The minimum atomic E-state index is -3.34. The van der Waals surface area contributed by atoms with Crippen molar-refractivity contribution >= 4 is 15.9 Å². The molecular weight excluding hydrogens is 403 g/mol. The number of hydrogen-bond donors (Lipinski definition) is 3. The molecule has 0 aliphatic carbocycles. The zero-order valence-electron chi connectivity index (χ0n) is 15.7. The number of nitrogens with one attached hydrogen (secondary N) is 2. The Balaban J connectivity index is 1.74. The Morgan fingerprint density at radius 3 is 2.69 bits per heavy atom. The third-order valence-electron chi connectivity index (χ3n) is 4.66. The van der Waals surface area contributed by atoms with E-state index in [1.165, 1.54) is 28.8 Å². The molecule has 2 aromatic rings. The highest BCUT2D eigenvalue weighted by Gasteiger charge is 2.26. The maximum Gasteiger partial charge on any atom is 0.296 e. The maximum atomic E-state index is 12.9. The van der Waals surface area contributed by atoms with Crippen LogP contribution in [0, 0.1) is 11.7 Å². The molecule has 3 rings (SSSR count). The van der Waals surface area contributed by atoms with E-state index in [1.54, 1.807) is 0 Å². The van der Waals surface area contributed by atoms with Crippen LogP contribution in [0.5, 0.6) is 5.75 Å². The largest absolute Gasteiger partial charge is 0.501 e. The molecule has 1 aromatic heterocycles. The van der Waals surface area contributed by atoms with Gasteiger partial charge in [0.1, 0.15) is 11.6 Å². The highest BCUT2D eigenvalue weighted by atomic mass is 32.2. The fraction of sp³-hybridized carbons (Fsp3) is 0.389. The summed E-state index contributed by atoms with van der Waals surface area (Å²) in [6.07, 6.45) is 2.00. The van der Waals surface area contributed by atoms with Crippen molar-refractivity contribution in [2.45, 2.75) is 25.9 Å². The van der Waals surface area contributed by atoms with Gasteiger partial charge in [0.25, 0.3) is 11.5 Å². The number of aryl methyl sites for hydroxylation is 1. The summed E-state index contributed by atoms with van der Waals surface area (Å²) in [5.41, 5.74) is -0.461. The molecule has 11 heteroatoms. The third kappa shape index (κ3) is 5.18. The summed E-state index contributed by atoms with van der Waals surface area (Å²) in [7, 11) is -3.34. The molecule has 156 valence electrons. The van der Waals surface area contributed by atoms with Crippen LogP contribution in [-0.2, 0) is 29.5 Å². The molecule has 1 aliphatic heterocycles. The van der Waals surface area contributed by atoms with Crippen molar-refractivity contribution in [2.75, 3.05) is 12.8 Å². The van der Waals surface area contributed by atoms with E-state index >= 15 is 0 Å². The summed E-state index contributed by atoms with van der Waals surface area (Å²) in [6, 6.07) is 5.54. The summed E-state index contributed by atoms with van der Waals surface area (Å²) in [4.78, 5) is 29.0. The zero-order chi connectivity index (χ0) is 21.2. The zero-order valence-corrected chi connectivity index (χ0v) is 16.5. The fourth-order valence-corrected chi connectivity index (χ4v) is 3.65.